The van der Waals surface area contributed by atoms with Crippen molar-refractivity contribution in [3.8, 4) is 0 Å². The van der Waals surface area contributed by atoms with Crippen LogP contribution in [0.25, 0.3) is 0 Å². The zero-order valence-corrected chi connectivity index (χ0v) is 25.0. The monoisotopic (exact) mass is 580 g/mol. The number of nitrogens with one attached hydrogen (secondary N) is 2. The van der Waals surface area contributed by atoms with Crippen LogP contribution in [-0.2, 0) is 4.74 Å². The summed E-state index contributed by atoms with van der Waals surface area (Å²) in [4.78, 5) is 11.8. The van der Waals surface area contributed by atoms with Crippen molar-refractivity contribution < 1.29 is 13.5 Å². The molecule has 10 heteroatoms. The highest BCUT2D eigenvalue weighted by Gasteiger charge is 2.33. The van der Waals surface area contributed by atoms with E-state index in [2.05, 4.69) is 28.2 Å². The van der Waals surface area contributed by atoms with Gasteiger partial charge in [0.15, 0.2) is 17.5 Å². The molecule has 2 N–H and O–H groups in total. The van der Waals surface area contributed by atoms with Gasteiger partial charge in [0.25, 0.3) is 0 Å². The fourth-order valence-electron chi connectivity index (χ4n) is 4.87. The van der Waals surface area contributed by atoms with Gasteiger partial charge in [0, 0.05) is 47.5 Å². The lowest BCUT2D eigenvalue weighted by Crippen LogP contribution is -2.26. The molecule has 1 aliphatic heterocycles. The molecule has 1 aromatic heterocycles. The van der Waals surface area contributed by atoms with E-state index in [4.69, 9.17) is 14.7 Å². The number of aromatic nitrogens is 2. The summed E-state index contributed by atoms with van der Waals surface area (Å²) in [6.07, 6.45) is 9.92. The molecular formula is C31H38F2N6OS. The van der Waals surface area contributed by atoms with Gasteiger partial charge in [-0.25, -0.2) is 13.8 Å². The van der Waals surface area contributed by atoms with E-state index >= 15 is 8.78 Å². The fourth-order valence-corrected chi connectivity index (χ4v) is 5.31. The first-order chi connectivity index (χ1) is 19.7. The smallest absolute Gasteiger partial charge is 0.153 e. The molecule has 0 amide bonds. The van der Waals surface area contributed by atoms with Gasteiger partial charge in [-0.15, -0.1) is 11.8 Å². The molecule has 41 heavy (non-hydrogen) atoms. The summed E-state index contributed by atoms with van der Waals surface area (Å²) in [5.41, 5.74) is 4.36. The second kappa shape index (κ2) is 12.7. The first-order valence-electron chi connectivity index (χ1n) is 14.2. The molecular weight excluding hydrogens is 542 g/mol. The van der Waals surface area contributed by atoms with E-state index in [9.17, 15) is 0 Å². The van der Waals surface area contributed by atoms with Crippen LogP contribution in [0.15, 0.2) is 68.4 Å². The lowest BCUT2D eigenvalue weighted by atomic mass is 9.98. The summed E-state index contributed by atoms with van der Waals surface area (Å²) in [5.74, 6) is 1.10. The predicted molar refractivity (Wildman–Crippen MR) is 164 cm³/mol. The molecule has 2 aromatic rings. The van der Waals surface area contributed by atoms with Gasteiger partial charge in [0.1, 0.15) is 17.3 Å². The number of hydrogen-bond acceptors (Lipinski definition) is 6. The van der Waals surface area contributed by atoms with Gasteiger partial charge in [0.2, 0.25) is 0 Å². The number of nitrogens with zero attached hydrogens (tertiary/aromatic N) is 4. The third-order valence-electron chi connectivity index (χ3n) is 7.51. The van der Waals surface area contributed by atoms with E-state index in [1.807, 2.05) is 13.0 Å². The van der Waals surface area contributed by atoms with Crippen molar-refractivity contribution in [2.24, 2.45) is 15.9 Å². The minimum Gasteiger partial charge on any atom is -0.376 e. The molecule has 0 bridgehead atoms. The van der Waals surface area contributed by atoms with Gasteiger partial charge in [-0.2, -0.15) is 5.10 Å². The number of ether oxygens (including phenoxy) is 1. The van der Waals surface area contributed by atoms with Crippen molar-refractivity contribution in [2.45, 2.75) is 63.2 Å². The van der Waals surface area contributed by atoms with Crippen LogP contribution >= 0.6 is 11.8 Å². The van der Waals surface area contributed by atoms with Gasteiger partial charge >= 0.3 is 0 Å². The summed E-state index contributed by atoms with van der Waals surface area (Å²) >= 11 is 1.29. The van der Waals surface area contributed by atoms with Gasteiger partial charge in [-0.3, -0.25) is 10.1 Å². The zero-order valence-electron chi connectivity index (χ0n) is 24.2. The molecule has 2 heterocycles. The number of thioether (sulfide) groups is 1. The number of amidine groups is 1. The minimum atomic E-state index is -0.638. The Bertz CT molecular complexity index is 1410. The molecule has 218 valence electrons. The zero-order chi connectivity index (χ0) is 29.1. The highest BCUT2D eigenvalue weighted by atomic mass is 32.2. The molecule has 7 nitrogen and oxygen atoms in total. The van der Waals surface area contributed by atoms with Crippen LogP contribution in [0.2, 0.25) is 0 Å². The minimum absolute atomic E-state index is 0.148. The van der Waals surface area contributed by atoms with Crippen LogP contribution in [-0.4, -0.2) is 48.3 Å². The predicted octanol–water partition coefficient (Wildman–Crippen LogP) is 7.59. The topological polar surface area (TPSA) is 77.9 Å². The van der Waals surface area contributed by atoms with Crippen LogP contribution < -0.4 is 10.2 Å². The number of benzene rings is 1. The maximum atomic E-state index is 15.0. The number of rotatable bonds is 9. The summed E-state index contributed by atoms with van der Waals surface area (Å²) in [5, 5.41) is 11.1. The third kappa shape index (κ3) is 7.16. The Balaban J connectivity index is 1.57. The van der Waals surface area contributed by atoms with Gasteiger partial charge in [-0.1, -0.05) is 12.7 Å². The molecule has 2 fully saturated rings. The standard InChI is InChI=1S/C31H38F2N6OS/c1-18-17-40-13-7-6-8-26(34-18)19(2)29(22-11-12-22)31(36-28-16-27(37-38-28)21-9-10-21)35-20(3)39(4)30-24(32)14-23(41-5)15-25(30)33/h8,14-16,21-22H,2,6-7,9-13,17H2,1,3-5H3,(H2,36,37,38)/b26-8-,31-29-,34-18?,35-20+. The third-order valence-corrected chi connectivity index (χ3v) is 8.22. The van der Waals surface area contributed by atoms with Crippen molar-refractivity contribution in [3.63, 3.8) is 0 Å². The Labute approximate surface area is 244 Å². The highest BCUT2D eigenvalue weighted by molar-refractivity contribution is 7.98. The highest BCUT2D eigenvalue weighted by Crippen LogP contribution is 2.44. The summed E-state index contributed by atoms with van der Waals surface area (Å²) in [6, 6.07) is 4.70. The van der Waals surface area contributed by atoms with Crippen LogP contribution in [0.1, 0.15) is 64.0 Å². The van der Waals surface area contributed by atoms with E-state index < -0.39 is 11.6 Å². The van der Waals surface area contributed by atoms with Crippen LogP contribution in [0.5, 0.6) is 0 Å². The first-order valence-corrected chi connectivity index (χ1v) is 15.4. The Hall–Kier alpha value is -3.24. The van der Waals surface area contributed by atoms with Crippen molar-refractivity contribution in [1.29, 1.82) is 0 Å². The maximum absolute atomic E-state index is 15.0. The van der Waals surface area contributed by atoms with Crippen molar-refractivity contribution in [2.75, 3.05) is 36.7 Å². The van der Waals surface area contributed by atoms with Gasteiger partial charge in [0.05, 0.1) is 12.3 Å². The quantitative estimate of drug-likeness (QED) is 0.138. The average molecular weight is 581 g/mol. The molecule has 2 aliphatic carbocycles. The number of hydrogen-bond donors (Lipinski definition) is 2. The summed E-state index contributed by atoms with van der Waals surface area (Å²) < 4.78 is 35.8. The van der Waals surface area contributed by atoms with Crippen LogP contribution in [0, 0.1) is 17.6 Å². The number of halogens is 2. The van der Waals surface area contributed by atoms with Gasteiger partial charge in [-0.05, 0) is 82.3 Å². The SMILES string of the molecule is C=C(/C1=C/CCCOCC(C)=N1)/C(=C(\N=C(/C)N(C)c1c(F)cc(SC)cc1F)Nc1cc(C2CC2)[nH]n1)C1CC1. The second-order valence-corrected chi connectivity index (χ2v) is 11.8. The van der Waals surface area contributed by atoms with E-state index in [1.165, 1.54) is 28.8 Å². The summed E-state index contributed by atoms with van der Waals surface area (Å²) in [7, 11) is 1.62. The van der Waals surface area contributed by atoms with Crippen molar-refractivity contribution in [3.05, 3.63) is 70.8 Å². The number of allylic oxidation sites excluding steroid dienone is 2. The largest absolute Gasteiger partial charge is 0.376 e. The number of anilines is 2. The molecule has 0 saturated heterocycles. The molecule has 1 aromatic carbocycles. The Morgan fingerprint density at radius 2 is 1.93 bits per heavy atom. The average Bonchev–Trinajstić information content (AvgIpc) is 3.88. The van der Waals surface area contributed by atoms with Crippen LogP contribution in [0.3, 0.4) is 0 Å². The van der Waals surface area contributed by atoms with Crippen LogP contribution in [0.4, 0.5) is 20.3 Å². The van der Waals surface area contributed by atoms with E-state index in [-0.39, 0.29) is 11.6 Å². The number of aromatic amines is 1. The normalized spacial score (nSPS) is 20.2. The number of aliphatic imine (C=N–C) groups is 2. The van der Waals surface area contributed by atoms with E-state index in [1.54, 1.807) is 20.2 Å². The molecule has 3 aliphatic rings. The lowest BCUT2D eigenvalue weighted by Gasteiger charge is -2.22. The molecule has 0 radical (unpaired) electrons. The summed E-state index contributed by atoms with van der Waals surface area (Å²) in [6.45, 7) is 9.36. The molecule has 0 spiro atoms. The molecule has 0 atom stereocenters. The Morgan fingerprint density at radius 3 is 2.59 bits per heavy atom. The van der Waals surface area contributed by atoms with Crippen molar-refractivity contribution in [1.82, 2.24) is 10.2 Å². The van der Waals surface area contributed by atoms with Gasteiger partial charge < -0.3 is 15.0 Å². The first kappa shape index (κ1) is 29.3. The maximum Gasteiger partial charge on any atom is 0.153 e. The Morgan fingerprint density at radius 1 is 1.20 bits per heavy atom. The van der Waals surface area contributed by atoms with Crippen molar-refractivity contribution >= 4 is 34.8 Å². The van der Waals surface area contributed by atoms with E-state index in [0.29, 0.717) is 41.5 Å². The molecule has 5 rings (SSSR count). The lowest BCUT2D eigenvalue weighted by molar-refractivity contribution is 0.169. The Kier molecular flexibility index (Phi) is 9.09. The second-order valence-electron chi connectivity index (χ2n) is 10.9. The molecule has 0 unspecified atom stereocenters. The fraction of sp³-hybridized carbons (Fsp3) is 0.452. The molecule has 2 saturated carbocycles. The van der Waals surface area contributed by atoms with E-state index in [0.717, 1.165) is 66.8 Å². The number of H-pyrrole nitrogens is 1.